The first-order valence-electron chi connectivity index (χ1n) is 8.59. The van der Waals surface area contributed by atoms with Gasteiger partial charge in [0.2, 0.25) is 0 Å². The Morgan fingerprint density at radius 1 is 1.29 bits per heavy atom. The van der Waals surface area contributed by atoms with Gasteiger partial charge in [-0.3, -0.25) is 15.0 Å². The zero-order chi connectivity index (χ0) is 16.5. The van der Waals surface area contributed by atoms with Crippen LogP contribution in [0.3, 0.4) is 0 Å². The van der Waals surface area contributed by atoms with Crippen LogP contribution in [0.4, 0.5) is 5.69 Å². The van der Waals surface area contributed by atoms with Crippen LogP contribution in [0.5, 0.6) is 5.75 Å². The number of fused-ring (bicyclic) bond motifs is 2. The predicted molar refractivity (Wildman–Crippen MR) is 85.8 cm³/mol. The van der Waals surface area contributed by atoms with Gasteiger partial charge in [-0.05, 0) is 12.8 Å². The molecule has 7 nitrogen and oxygen atoms in total. The molecule has 0 spiro atoms. The summed E-state index contributed by atoms with van der Waals surface area (Å²) in [6.45, 7) is 2.80. The number of nitro groups is 1. The van der Waals surface area contributed by atoms with E-state index in [2.05, 4.69) is 4.90 Å². The van der Waals surface area contributed by atoms with Crippen LogP contribution in [0.1, 0.15) is 36.8 Å². The van der Waals surface area contributed by atoms with Gasteiger partial charge in [0.15, 0.2) is 6.79 Å². The van der Waals surface area contributed by atoms with E-state index in [0.717, 1.165) is 42.9 Å². The highest BCUT2D eigenvalue weighted by molar-refractivity contribution is 5.50. The zero-order valence-corrected chi connectivity index (χ0v) is 13.6. The van der Waals surface area contributed by atoms with Crippen molar-refractivity contribution in [2.75, 3.05) is 19.9 Å². The second-order valence-corrected chi connectivity index (χ2v) is 6.69. The summed E-state index contributed by atoms with van der Waals surface area (Å²) in [4.78, 5) is 13.3. The molecule has 3 aliphatic rings. The normalized spacial score (nSPS) is 27.0. The Hall–Kier alpha value is -1.70. The lowest BCUT2D eigenvalue weighted by atomic mass is 9.89. The van der Waals surface area contributed by atoms with Crippen molar-refractivity contribution in [2.45, 2.75) is 51.0 Å². The van der Waals surface area contributed by atoms with Crippen molar-refractivity contribution < 1.29 is 19.1 Å². The highest BCUT2D eigenvalue weighted by Crippen LogP contribution is 2.36. The first-order chi connectivity index (χ1) is 11.7. The van der Waals surface area contributed by atoms with Crippen molar-refractivity contribution in [2.24, 2.45) is 0 Å². The molecule has 24 heavy (non-hydrogen) atoms. The minimum Gasteiger partial charge on any atom is -0.467 e. The minimum absolute atomic E-state index is 0.103. The van der Waals surface area contributed by atoms with Crippen molar-refractivity contribution in [3.05, 3.63) is 33.4 Å². The largest absolute Gasteiger partial charge is 0.467 e. The maximum atomic E-state index is 11.2. The third kappa shape index (κ3) is 2.99. The van der Waals surface area contributed by atoms with Crippen molar-refractivity contribution in [3.63, 3.8) is 0 Å². The Kier molecular flexibility index (Phi) is 4.39. The highest BCUT2D eigenvalue weighted by atomic mass is 16.7. The van der Waals surface area contributed by atoms with Crippen LogP contribution >= 0.6 is 0 Å². The van der Waals surface area contributed by atoms with E-state index in [0.29, 0.717) is 25.3 Å². The molecule has 0 radical (unpaired) electrons. The molecule has 2 atom stereocenters. The van der Waals surface area contributed by atoms with E-state index in [-0.39, 0.29) is 17.4 Å². The van der Waals surface area contributed by atoms with Gasteiger partial charge in [-0.2, -0.15) is 0 Å². The second-order valence-electron chi connectivity index (χ2n) is 6.69. The molecule has 130 valence electrons. The van der Waals surface area contributed by atoms with E-state index in [1.165, 1.54) is 12.8 Å². The number of benzene rings is 1. The number of nitrogens with zero attached hydrogens (tertiary/aromatic N) is 2. The number of hydrogen-bond acceptors (Lipinski definition) is 6. The lowest BCUT2D eigenvalue weighted by Crippen LogP contribution is -2.52. The van der Waals surface area contributed by atoms with Gasteiger partial charge < -0.3 is 14.2 Å². The fourth-order valence-electron chi connectivity index (χ4n) is 4.10. The fraction of sp³-hybridized carbons (Fsp3) is 0.647. The van der Waals surface area contributed by atoms with Crippen LogP contribution in [0.25, 0.3) is 0 Å². The molecule has 1 saturated heterocycles. The van der Waals surface area contributed by atoms with E-state index in [1.54, 1.807) is 12.1 Å². The zero-order valence-electron chi connectivity index (χ0n) is 13.6. The Morgan fingerprint density at radius 3 is 3.04 bits per heavy atom. The van der Waals surface area contributed by atoms with Gasteiger partial charge in [-0.25, -0.2) is 0 Å². The molecule has 1 saturated carbocycles. The van der Waals surface area contributed by atoms with E-state index in [4.69, 9.17) is 14.2 Å². The van der Waals surface area contributed by atoms with Crippen molar-refractivity contribution in [1.29, 1.82) is 0 Å². The van der Waals surface area contributed by atoms with Gasteiger partial charge in [0.05, 0.1) is 24.2 Å². The maximum absolute atomic E-state index is 11.2. The van der Waals surface area contributed by atoms with Crippen LogP contribution in [-0.4, -0.2) is 41.9 Å². The summed E-state index contributed by atoms with van der Waals surface area (Å²) in [5.74, 6) is 0.755. The summed E-state index contributed by atoms with van der Waals surface area (Å²) in [5.41, 5.74) is 1.75. The van der Waals surface area contributed by atoms with Gasteiger partial charge in [0, 0.05) is 42.4 Å². The molecule has 0 bridgehead atoms. The molecule has 2 heterocycles. The summed E-state index contributed by atoms with van der Waals surface area (Å²) in [7, 11) is 0. The molecule has 1 aromatic carbocycles. The smallest absolute Gasteiger partial charge is 0.270 e. The van der Waals surface area contributed by atoms with Crippen molar-refractivity contribution in [1.82, 2.24) is 4.90 Å². The van der Waals surface area contributed by atoms with E-state index >= 15 is 0 Å². The Bertz CT molecular complexity index is 634. The monoisotopic (exact) mass is 334 g/mol. The Balaban J connectivity index is 1.63. The molecule has 0 aromatic heterocycles. The fourth-order valence-corrected chi connectivity index (χ4v) is 4.10. The van der Waals surface area contributed by atoms with Crippen LogP contribution in [0.2, 0.25) is 0 Å². The number of hydrogen-bond donors (Lipinski definition) is 0. The van der Waals surface area contributed by atoms with Gasteiger partial charge in [-0.1, -0.05) is 12.8 Å². The molecule has 1 aromatic rings. The third-order valence-corrected chi connectivity index (χ3v) is 5.20. The van der Waals surface area contributed by atoms with Gasteiger partial charge >= 0.3 is 0 Å². The molecule has 4 rings (SSSR count). The van der Waals surface area contributed by atoms with Crippen LogP contribution in [-0.2, 0) is 22.6 Å². The molecule has 2 fully saturated rings. The van der Waals surface area contributed by atoms with Gasteiger partial charge in [0.1, 0.15) is 5.75 Å². The van der Waals surface area contributed by atoms with E-state index in [9.17, 15) is 10.1 Å². The topological polar surface area (TPSA) is 74.1 Å². The van der Waals surface area contributed by atoms with Gasteiger partial charge in [0.25, 0.3) is 5.69 Å². The number of ether oxygens (including phenoxy) is 3. The molecule has 0 amide bonds. The average Bonchev–Trinajstić information content (AvgIpc) is 2.62. The Morgan fingerprint density at radius 2 is 2.17 bits per heavy atom. The van der Waals surface area contributed by atoms with Crippen LogP contribution in [0.15, 0.2) is 12.1 Å². The van der Waals surface area contributed by atoms with Crippen molar-refractivity contribution >= 4 is 5.69 Å². The summed E-state index contributed by atoms with van der Waals surface area (Å²) in [6, 6.07) is 3.61. The standard InChI is InChI=1S/C17H22N2O5/c20-19(21)14-7-12(17-13(8-14)10-22-11-24-17)9-18-5-6-23-16-4-2-1-3-15(16)18/h7-8,15-16H,1-6,9-11H2/t15-,16+/m1/s1. The molecule has 7 heteroatoms. The first-order valence-corrected chi connectivity index (χ1v) is 8.59. The summed E-state index contributed by atoms with van der Waals surface area (Å²) >= 11 is 0. The summed E-state index contributed by atoms with van der Waals surface area (Å²) in [5, 5.41) is 11.2. The average molecular weight is 334 g/mol. The summed E-state index contributed by atoms with van der Waals surface area (Å²) in [6.07, 6.45) is 4.98. The molecule has 0 unspecified atom stereocenters. The highest BCUT2D eigenvalue weighted by Gasteiger charge is 2.35. The maximum Gasteiger partial charge on any atom is 0.270 e. The Labute approximate surface area is 140 Å². The van der Waals surface area contributed by atoms with E-state index < -0.39 is 0 Å². The number of non-ortho nitro benzene ring substituents is 1. The minimum atomic E-state index is -0.346. The van der Waals surface area contributed by atoms with Crippen LogP contribution < -0.4 is 4.74 Å². The molecule has 1 aliphatic carbocycles. The SMILES string of the molecule is O=[N+]([O-])c1cc2c(c(CN3CCO[C@H]4CCCC[C@H]43)c1)OCOC2. The number of nitro benzene ring substituents is 1. The number of rotatable bonds is 3. The summed E-state index contributed by atoms with van der Waals surface area (Å²) < 4.78 is 16.9. The van der Waals surface area contributed by atoms with Crippen LogP contribution in [0, 0.1) is 10.1 Å². The molecular formula is C17H22N2O5. The van der Waals surface area contributed by atoms with Gasteiger partial charge in [-0.15, -0.1) is 0 Å². The second kappa shape index (κ2) is 6.66. The first kappa shape index (κ1) is 15.8. The number of morpholine rings is 1. The quantitative estimate of drug-likeness (QED) is 0.625. The van der Waals surface area contributed by atoms with Crippen molar-refractivity contribution in [3.8, 4) is 5.75 Å². The third-order valence-electron chi connectivity index (χ3n) is 5.20. The lowest BCUT2D eigenvalue weighted by molar-refractivity contribution is -0.385. The molecular weight excluding hydrogens is 312 g/mol. The van der Waals surface area contributed by atoms with E-state index in [1.807, 2.05) is 0 Å². The molecule has 0 N–H and O–H groups in total. The lowest BCUT2D eigenvalue weighted by Gasteiger charge is -2.44. The predicted octanol–water partition coefficient (Wildman–Crippen LogP) is 2.60. The molecule has 2 aliphatic heterocycles.